The van der Waals surface area contributed by atoms with Crippen LogP contribution in [0.2, 0.25) is 0 Å². The molecule has 0 saturated carbocycles. The normalized spacial score (nSPS) is 11.8. The van der Waals surface area contributed by atoms with Crippen LogP contribution in [0.4, 0.5) is 0 Å². The Morgan fingerprint density at radius 1 is 1.00 bits per heavy atom. The van der Waals surface area contributed by atoms with Gasteiger partial charge in [-0.1, -0.05) is 42.5 Å². The summed E-state index contributed by atoms with van der Waals surface area (Å²) in [6.07, 6.45) is 0.553. The fourth-order valence-electron chi connectivity index (χ4n) is 2.93. The van der Waals surface area contributed by atoms with E-state index < -0.39 is 5.41 Å². The highest BCUT2D eigenvalue weighted by molar-refractivity contribution is 6.06. The second-order valence-corrected chi connectivity index (χ2v) is 6.40. The molecule has 0 aliphatic rings. The standard InChI is InChI=1S/C20H21NO2/c1-4-23-19(22)20(2,3)13-18-16-11-6-5-9-14(16)15-10-7-8-12-17(15)21-18/h5-12H,4,13H2,1-3H3. The summed E-state index contributed by atoms with van der Waals surface area (Å²) >= 11 is 0. The van der Waals surface area contributed by atoms with Crippen LogP contribution < -0.4 is 0 Å². The van der Waals surface area contributed by atoms with Gasteiger partial charge < -0.3 is 4.74 Å². The topological polar surface area (TPSA) is 39.2 Å². The Hall–Kier alpha value is -2.42. The lowest BCUT2D eigenvalue weighted by Crippen LogP contribution is -2.29. The third kappa shape index (κ3) is 2.91. The van der Waals surface area contributed by atoms with Crippen molar-refractivity contribution in [3.8, 4) is 0 Å². The van der Waals surface area contributed by atoms with E-state index in [1.165, 1.54) is 5.39 Å². The predicted octanol–water partition coefficient (Wildman–Crippen LogP) is 4.52. The SMILES string of the molecule is CCOC(=O)C(C)(C)Cc1nc2ccccc2c2ccccc12. The quantitative estimate of drug-likeness (QED) is 0.525. The fourth-order valence-corrected chi connectivity index (χ4v) is 2.93. The van der Waals surface area contributed by atoms with Crippen LogP contribution in [-0.4, -0.2) is 17.6 Å². The smallest absolute Gasteiger partial charge is 0.311 e. The molecule has 2 aromatic carbocycles. The van der Waals surface area contributed by atoms with E-state index in [0.717, 1.165) is 22.0 Å². The molecule has 0 fully saturated rings. The Kier molecular flexibility index (Phi) is 4.03. The molecule has 0 bridgehead atoms. The Bertz CT molecular complexity index is 868. The first-order valence-corrected chi connectivity index (χ1v) is 7.96. The molecule has 0 unspecified atom stereocenters. The number of carbonyl (C=O) groups excluding carboxylic acids is 1. The zero-order valence-corrected chi connectivity index (χ0v) is 13.8. The molecule has 0 atom stereocenters. The van der Waals surface area contributed by atoms with Crippen molar-refractivity contribution in [3.63, 3.8) is 0 Å². The summed E-state index contributed by atoms with van der Waals surface area (Å²) in [4.78, 5) is 17.0. The van der Waals surface area contributed by atoms with Crippen LogP contribution in [0.3, 0.4) is 0 Å². The van der Waals surface area contributed by atoms with Crippen molar-refractivity contribution in [2.24, 2.45) is 5.41 Å². The van der Waals surface area contributed by atoms with E-state index in [9.17, 15) is 4.79 Å². The Morgan fingerprint density at radius 3 is 2.30 bits per heavy atom. The van der Waals surface area contributed by atoms with Gasteiger partial charge in [-0.15, -0.1) is 0 Å². The number of esters is 1. The van der Waals surface area contributed by atoms with Gasteiger partial charge in [0.25, 0.3) is 0 Å². The monoisotopic (exact) mass is 307 g/mol. The van der Waals surface area contributed by atoms with Crippen molar-refractivity contribution in [1.29, 1.82) is 0 Å². The number of benzene rings is 2. The summed E-state index contributed by atoms with van der Waals surface area (Å²) in [5.74, 6) is -0.181. The summed E-state index contributed by atoms with van der Waals surface area (Å²) in [7, 11) is 0. The second kappa shape index (κ2) is 5.99. The van der Waals surface area contributed by atoms with Gasteiger partial charge in [0.15, 0.2) is 0 Å². The third-order valence-electron chi connectivity index (χ3n) is 4.13. The van der Waals surface area contributed by atoms with Gasteiger partial charge >= 0.3 is 5.97 Å². The van der Waals surface area contributed by atoms with Crippen LogP contribution in [-0.2, 0) is 16.0 Å². The Labute approximate surface area is 136 Å². The number of para-hydroxylation sites is 1. The molecule has 0 N–H and O–H groups in total. The molecule has 0 radical (unpaired) electrons. The van der Waals surface area contributed by atoms with Gasteiger partial charge in [-0.05, 0) is 32.2 Å². The van der Waals surface area contributed by atoms with E-state index in [-0.39, 0.29) is 5.97 Å². The average molecular weight is 307 g/mol. The van der Waals surface area contributed by atoms with Crippen LogP contribution in [0.5, 0.6) is 0 Å². The van der Waals surface area contributed by atoms with Crippen molar-refractivity contribution in [1.82, 2.24) is 4.98 Å². The average Bonchev–Trinajstić information content (AvgIpc) is 2.55. The van der Waals surface area contributed by atoms with Gasteiger partial charge in [-0.3, -0.25) is 9.78 Å². The molecule has 1 aromatic heterocycles. The zero-order chi connectivity index (χ0) is 16.4. The van der Waals surface area contributed by atoms with Crippen molar-refractivity contribution in [2.45, 2.75) is 27.2 Å². The molecule has 0 aliphatic heterocycles. The maximum Gasteiger partial charge on any atom is 0.311 e. The van der Waals surface area contributed by atoms with Crippen LogP contribution in [0.1, 0.15) is 26.5 Å². The van der Waals surface area contributed by atoms with Gasteiger partial charge in [0, 0.05) is 17.2 Å². The first-order valence-electron chi connectivity index (χ1n) is 7.96. The highest BCUT2D eigenvalue weighted by Crippen LogP contribution is 2.31. The lowest BCUT2D eigenvalue weighted by Gasteiger charge is -2.23. The molecule has 3 rings (SSSR count). The maximum absolute atomic E-state index is 12.2. The van der Waals surface area contributed by atoms with E-state index in [2.05, 4.69) is 18.2 Å². The molecule has 0 aliphatic carbocycles. The van der Waals surface area contributed by atoms with Crippen molar-refractivity contribution in [2.75, 3.05) is 6.61 Å². The molecule has 0 amide bonds. The minimum absolute atomic E-state index is 0.181. The third-order valence-corrected chi connectivity index (χ3v) is 4.13. The first kappa shape index (κ1) is 15.5. The molecule has 23 heavy (non-hydrogen) atoms. The number of aromatic nitrogens is 1. The van der Waals surface area contributed by atoms with Gasteiger partial charge in [-0.25, -0.2) is 0 Å². The Balaban J connectivity index is 2.14. The van der Waals surface area contributed by atoms with Crippen molar-refractivity contribution < 1.29 is 9.53 Å². The summed E-state index contributed by atoms with van der Waals surface area (Å²) in [5, 5.41) is 3.41. The predicted molar refractivity (Wildman–Crippen MR) is 93.4 cm³/mol. The minimum atomic E-state index is -0.603. The maximum atomic E-state index is 12.2. The number of hydrogen-bond donors (Lipinski definition) is 0. The zero-order valence-electron chi connectivity index (χ0n) is 13.8. The van der Waals surface area contributed by atoms with Crippen LogP contribution in [0.25, 0.3) is 21.7 Å². The van der Waals surface area contributed by atoms with Gasteiger partial charge in [0.05, 0.1) is 23.2 Å². The van der Waals surface area contributed by atoms with Crippen molar-refractivity contribution in [3.05, 3.63) is 54.2 Å². The Morgan fingerprint density at radius 2 is 1.61 bits per heavy atom. The number of nitrogens with zero attached hydrogens (tertiary/aromatic N) is 1. The van der Waals surface area contributed by atoms with E-state index >= 15 is 0 Å². The highest BCUT2D eigenvalue weighted by Gasteiger charge is 2.30. The molecule has 0 spiro atoms. The number of fused-ring (bicyclic) bond motifs is 3. The summed E-state index contributed by atoms with van der Waals surface area (Å²) in [6, 6.07) is 16.4. The van der Waals surface area contributed by atoms with Crippen LogP contribution in [0.15, 0.2) is 48.5 Å². The lowest BCUT2D eigenvalue weighted by molar-refractivity contribution is -0.153. The largest absolute Gasteiger partial charge is 0.466 e. The highest BCUT2D eigenvalue weighted by atomic mass is 16.5. The van der Waals surface area contributed by atoms with Gasteiger partial charge in [0.1, 0.15) is 0 Å². The number of hydrogen-bond acceptors (Lipinski definition) is 3. The summed E-state index contributed by atoms with van der Waals surface area (Å²) < 4.78 is 5.21. The lowest BCUT2D eigenvalue weighted by atomic mass is 9.86. The van der Waals surface area contributed by atoms with Crippen LogP contribution >= 0.6 is 0 Å². The van der Waals surface area contributed by atoms with E-state index in [4.69, 9.17) is 9.72 Å². The van der Waals surface area contributed by atoms with Gasteiger partial charge in [-0.2, -0.15) is 0 Å². The molecule has 118 valence electrons. The van der Waals surface area contributed by atoms with Gasteiger partial charge in [0.2, 0.25) is 0 Å². The first-order chi connectivity index (χ1) is 11.0. The van der Waals surface area contributed by atoms with E-state index in [0.29, 0.717) is 13.0 Å². The van der Waals surface area contributed by atoms with E-state index in [1.54, 1.807) is 0 Å². The molecule has 3 nitrogen and oxygen atoms in total. The number of pyridine rings is 1. The van der Waals surface area contributed by atoms with E-state index in [1.807, 2.05) is 51.1 Å². The molecular weight excluding hydrogens is 286 g/mol. The van der Waals surface area contributed by atoms with Crippen molar-refractivity contribution >= 4 is 27.6 Å². The molecule has 0 saturated heterocycles. The summed E-state index contributed by atoms with van der Waals surface area (Å²) in [5.41, 5.74) is 1.30. The molecule has 1 heterocycles. The number of rotatable bonds is 4. The molecule has 3 aromatic rings. The minimum Gasteiger partial charge on any atom is -0.466 e. The van der Waals surface area contributed by atoms with Crippen LogP contribution in [0, 0.1) is 5.41 Å². The number of carbonyl (C=O) groups is 1. The second-order valence-electron chi connectivity index (χ2n) is 6.40. The summed E-state index contributed by atoms with van der Waals surface area (Å²) in [6.45, 7) is 6.05. The molecule has 3 heteroatoms. The fraction of sp³-hybridized carbons (Fsp3) is 0.300. The molecular formula is C20H21NO2. The number of ether oxygens (including phenoxy) is 1.